The van der Waals surface area contributed by atoms with Gasteiger partial charge in [-0.3, -0.25) is 4.79 Å². The summed E-state index contributed by atoms with van der Waals surface area (Å²) in [6.45, 7) is 0. The molecule has 2 aromatic carbocycles. The second kappa shape index (κ2) is 8.29. The van der Waals surface area contributed by atoms with Crippen LogP contribution in [0.2, 0.25) is 0 Å². The Morgan fingerprint density at radius 3 is 2.45 bits per heavy atom. The molecule has 0 unspecified atom stereocenters. The van der Waals surface area contributed by atoms with Crippen LogP contribution in [-0.2, 0) is 10.0 Å². The van der Waals surface area contributed by atoms with Crippen LogP contribution in [0.4, 0.5) is 5.69 Å². The third-order valence-corrected chi connectivity index (χ3v) is 5.71. The number of hydrogen-bond acceptors (Lipinski definition) is 6. The first kappa shape index (κ1) is 20.3. The first-order valence-corrected chi connectivity index (χ1v) is 9.91. The van der Waals surface area contributed by atoms with Gasteiger partial charge < -0.3 is 14.5 Å². The molecular formula is C20H18N2O6S. The Balaban J connectivity index is 1.75. The van der Waals surface area contributed by atoms with Crippen molar-refractivity contribution in [3.05, 3.63) is 78.3 Å². The lowest BCUT2D eigenvalue weighted by Gasteiger charge is -2.12. The summed E-state index contributed by atoms with van der Waals surface area (Å²) in [5.74, 6) is -0.838. The van der Waals surface area contributed by atoms with Crippen molar-refractivity contribution >= 4 is 27.6 Å². The SMILES string of the molecule is CN(C)S(=O)(=O)c1cccc(C(=O)Oc2cccc(NC(=O)c3ccco3)c2)c1. The van der Waals surface area contributed by atoms with Gasteiger partial charge in [-0.2, -0.15) is 0 Å². The predicted molar refractivity (Wildman–Crippen MR) is 105 cm³/mol. The molecule has 8 nitrogen and oxygen atoms in total. The fourth-order valence-electron chi connectivity index (χ4n) is 2.40. The molecule has 3 aromatic rings. The summed E-state index contributed by atoms with van der Waals surface area (Å²) in [4.78, 5) is 24.5. The number of amides is 1. The second-order valence-corrected chi connectivity index (χ2v) is 8.32. The van der Waals surface area contributed by atoms with Gasteiger partial charge in [-0.15, -0.1) is 0 Å². The first-order chi connectivity index (χ1) is 13.8. The Labute approximate surface area is 167 Å². The fourth-order valence-corrected chi connectivity index (χ4v) is 3.35. The van der Waals surface area contributed by atoms with Crippen LogP contribution in [0.1, 0.15) is 20.9 Å². The van der Waals surface area contributed by atoms with Gasteiger partial charge in [0.1, 0.15) is 5.75 Å². The number of carbonyl (C=O) groups excluding carboxylic acids is 2. The number of nitrogens with zero attached hydrogens (tertiary/aromatic N) is 1. The molecule has 1 aromatic heterocycles. The number of ether oxygens (including phenoxy) is 1. The van der Waals surface area contributed by atoms with Crippen LogP contribution >= 0.6 is 0 Å². The van der Waals surface area contributed by atoms with Crippen LogP contribution < -0.4 is 10.1 Å². The highest BCUT2D eigenvalue weighted by Crippen LogP contribution is 2.21. The number of nitrogens with one attached hydrogen (secondary N) is 1. The highest BCUT2D eigenvalue weighted by molar-refractivity contribution is 7.89. The van der Waals surface area contributed by atoms with Gasteiger partial charge in [-0.25, -0.2) is 17.5 Å². The molecule has 150 valence electrons. The molecule has 0 aliphatic heterocycles. The van der Waals surface area contributed by atoms with Gasteiger partial charge in [0.2, 0.25) is 10.0 Å². The van der Waals surface area contributed by atoms with E-state index in [1.807, 2.05) is 0 Å². The molecule has 3 rings (SSSR count). The topological polar surface area (TPSA) is 106 Å². The molecule has 0 radical (unpaired) electrons. The Hall–Kier alpha value is -3.43. The highest BCUT2D eigenvalue weighted by Gasteiger charge is 2.19. The monoisotopic (exact) mass is 414 g/mol. The van der Waals surface area contributed by atoms with Gasteiger partial charge in [-0.1, -0.05) is 12.1 Å². The molecule has 0 atom stereocenters. The van der Waals surface area contributed by atoms with Crippen molar-refractivity contribution in [1.29, 1.82) is 0 Å². The quantitative estimate of drug-likeness (QED) is 0.491. The van der Waals surface area contributed by atoms with Crippen LogP contribution in [0.3, 0.4) is 0 Å². The average Bonchev–Trinajstić information content (AvgIpc) is 3.23. The van der Waals surface area contributed by atoms with E-state index in [0.717, 1.165) is 4.31 Å². The van der Waals surface area contributed by atoms with E-state index in [-0.39, 0.29) is 22.0 Å². The number of benzene rings is 2. The minimum atomic E-state index is -3.68. The molecule has 0 saturated carbocycles. The minimum absolute atomic E-state index is 0.0172. The van der Waals surface area contributed by atoms with Crippen LogP contribution in [0.5, 0.6) is 5.75 Å². The van der Waals surface area contributed by atoms with Crippen molar-refractivity contribution in [2.75, 3.05) is 19.4 Å². The number of rotatable bonds is 6. The van der Waals surface area contributed by atoms with E-state index >= 15 is 0 Å². The van der Waals surface area contributed by atoms with Gasteiger partial charge in [-0.05, 0) is 42.5 Å². The fraction of sp³-hybridized carbons (Fsp3) is 0.100. The Morgan fingerprint density at radius 1 is 1.00 bits per heavy atom. The molecule has 0 aliphatic rings. The smallest absolute Gasteiger partial charge is 0.343 e. The zero-order valence-corrected chi connectivity index (χ0v) is 16.5. The molecule has 0 bridgehead atoms. The third-order valence-electron chi connectivity index (χ3n) is 3.90. The number of carbonyl (C=O) groups is 2. The molecule has 1 N–H and O–H groups in total. The van der Waals surface area contributed by atoms with E-state index in [4.69, 9.17) is 9.15 Å². The van der Waals surface area contributed by atoms with E-state index in [1.54, 1.807) is 24.3 Å². The van der Waals surface area contributed by atoms with Gasteiger partial charge in [0, 0.05) is 25.8 Å². The maximum atomic E-state index is 12.5. The number of furan rings is 1. The summed E-state index contributed by atoms with van der Waals surface area (Å²) in [6.07, 6.45) is 1.39. The number of esters is 1. The first-order valence-electron chi connectivity index (χ1n) is 8.47. The summed E-state index contributed by atoms with van der Waals surface area (Å²) in [5, 5.41) is 2.63. The zero-order valence-electron chi connectivity index (χ0n) is 15.7. The maximum Gasteiger partial charge on any atom is 0.343 e. The van der Waals surface area contributed by atoms with Crippen molar-refractivity contribution in [2.24, 2.45) is 0 Å². The predicted octanol–water partition coefficient (Wildman–Crippen LogP) is 3.00. The van der Waals surface area contributed by atoms with E-state index in [2.05, 4.69) is 5.32 Å². The number of anilines is 1. The molecule has 0 spiro atoms. The standard InChI is InChI=1S/C20H18N2O6S/c1-22(2)29(25,26)17-9-3-6-14(12-17)20(24)28-16-8-4-7-15(13-16)21-19(23)18-10-5-11-27-18/h3-13H,1-2H3,(H,21,23). The average molecular weight is 414 g/mol. The molecule has 1 heterocycles. The van der Waals surface area contributed by atoms with Crippen LogP contribution in [-0.4, -0.2) is 38.7 Å². The summed E-state index contributed by atoms with van der Waals surface area (Å²) in [5.41, 5.74) is 0.485. The van der Waals surface area contributed by atoms with Crippen molar-refractivity contribution in [3.8, 4) is 5.75 Å². The summed E-state index contributed by atoms with van der Waals surface area (Å²) < 4.78 is 35.9. The highest BCUT2D eigenvalue weighted by atomic mass is 32.2. The lowest BCUT2D eigenvalue weighted by molar-refractivity contribution is 0.0734. The Kier molecular flexibility index (Phi) is 5.81. The molecule has 9 heteroatoms. The van der Waals surface area contributed by atoms with E-state index in [1.165, 1.54) is 56.8 Å². The zero-order chi connectivity index (χ0) is 21.0. The van der Waals surface area contributed by atoms with Gasteiger partial charge >= 0.3 is 5.97 Å². The largest absolute Gasteiger partial charge is 0.459 e. The Bertz CT molecular complexity index is 1140. The summed E-state index contributed by atoms with van der Waals surface area (Å²) in [7, 11) is -0.867. The number of hydrogen-bond donors (Lipinski definition) is 1. The third kappa shape index (κ3) is 4.71. The maximum absolute atomic E-state index is 12.5. The van der Waals surface area contributed by atoms with E-state index in [9.17, 15) is 18.0 Å². The lowest BCUT2D eigenvalue weighted by atomic mass is 10.2. The van der Waals surface area contributed by atoms with Crippen molar-refractivity contribution in [3.63, 3.8) is 0 Å². The second-order valence-electron chi connectivity index (χ2n) is 6.16. The molecule has 1 amide bonds. The van der Waals surface area contributed by atoms with Gasteiger partial charge in [0.05, 0.1) is 16.7 Å². The molecule has 0 aliphatic carbocycles. The van der Waals surface area contributed by atoms with Crippen molar-refractivity contribution in [2.45, 2.75) is 4.90 Å². The van der Waals surface area contributed by atoms with Crippen LogP contribution in [0, 0.1) is 0 Å². The minimum Gasteiger partial charge on any atom is -0.459 e. The summed E-state index contributed by atoms with van der Waals surface area (Å²) >= 11 is 0. The number of sulfonamides is 1. The van der Waals surface area contributed by atoms with Gasteiger partial charge in [0.25, 0.3) is 5.91 Å². The van der Waals surface area contributed by atoms with Crippen molar-refractivity contribution < 1.29 is 27.2 Å². The normalized spacial score (nSPS) is 11.3. The van der Waals surface area contributed by atoms with E-state index < -0.39 is 21.9 Å². The van der Waals surface area contributed by atoms with Crippen LogP contribution in [0.25, 0.3) is 0 Å². The Morgan fingerprint density at radius 2 is 1.76 bits per heavy atom. The van der Waals surface area contributed by atoms with Crippen LogP contribution in [0.15, 0.2) is 76.2 Å². The lowest BCUT2D eigenvalue weighted by Crippen LogP contribution is -2.22. The van der Waals surface area contributed by atoms with Gasteiger partial charge in [0.15, 0.2) is 5.76 Å². The molecule has 29 heavy (non-hydrogen) atoms. The van der Waals surface area contributed by atoms with E-state index in [0.29, 0.717) is 5.69 Å². The summed E-state index contributed by atoms with van der Waals surface area (Å²) in [6, 6.07) is 14.9. The molecular weight excluding hydrogens is 396 g/mol. The molecule has 0 saturated heterocycles. The molecule has 0 fully saturated rings. The van der Waals surface area contributed by atoms with Crippen molar-refractivity contribution in [1.82, 2.24) is 4.31 Å².